The number of aromatic nitrogens is 1. The normalized spacial score (nSPS) is 20.7. The van der Waals surface area contributed by atoms with Crippen molar-refractivity contribution in [3.63, 3.8) is 0 Å². The number of hydrogen-bond acceptors (Lipinski definition) is 4. The molecule has 3 heterocycles. The van der Waals surface area contributed by atoms with Crippen molar-refractivity contribution < 1.29 is 13.9 Å². The second kappa shape index (κ2) is 9.28. The van der Waals surface area contributed by atoms with Crippen LogP contribution in [0.1, 0.15) is 54.1 Å². The van der Waals surface area contributed by atoms with E-state index in [0.717, 1.165) is 68.6 Å². The van der Waals surface area contributed by atoms with Crippen LogP contribution in [0.5, 0.6) is 5.75 Å². The molecule has 0 aliphatic carbocycles. The van der Waals surface area contributed by atoms with Crippen LogP contribution < -0.4 is 4.74 Å². The largest absolute Gasteiger partial charge is 0.493 e. The molecule has 1 unspecified atom stereocenters. The summed E-state index contributed by atoms with van der Waals surface area (Å²) in [6.07, 6.45) is 7.83. The van der Waals surface area contributed by atoms with Gasteiger partial charge in [-0.25, -0.2) is 4.39 Å². The zero-order valence-corrected chi connectivity index (χ0v) is 16.2. The van der Waals surface area contributed by atoms with E-state index in [4.69, 9.17) is 14.5 Å². The van der Waals surface area contributed by atoms with Crippen molar-refractivity contribution in [2.45, 2.75) is 44.4 Å². The fourth-order valence-electron chi connectivity index (χ4n) is 3.83. The topological polar surface area (TPSA) is 43.7 Å². The summed E-state index contributed by atoms with van der Waals surface area (Å²) >= 11 is 0. The van der Waals surface area contributed by atoms with Crippen molar-refractivity contribution in [1.82, 2.24) is 4.98 Å². The van der Waals surface area contributed by atoms with E-state index in [2.05, 4.69) is 17.1 Å². The minimum absolute atomic E-state index is 0.144. The zero-order chi connectivity index (χ0) is 19.2. The Morgan fingerprint density at radius 2 is 1.86 bits per heavy atom. The van der Waals surface area contributed by atoms with Crippen LogP contribution >= 0.6 is 0 Å². The van der Waals surface area contributed by atoms with Gasteiger partial charge in [0.05, 0.1) is 18.2 Å². The van der Waals surface area contributed by atoms with Gasteiger partial charge in [-0.3, -0.25) is 9.98 Å². The molecule has 0 spiro atoms. The number of rotatable bonds is 0. The summed E-state index contributed by atoms with van der Waals surface area (Å²) in [7, 11) is 0. The molecule has 4 rings (SSSR count). The molecular weight excluding hydrogens is 355 g/mol. The molecule has 0 N–H and O–H groups in total. The molecule has 28 heavy (non-hydrogen) atoms. The van der Waals surface area contributed by atoms with Gasteiger partial charge in [-0.2, -0.15) is 0 Å². The Hall–Kier alpha value is -2.27. The van der Waals surface area contributed by atoms with Crippen LogP contribution in [0.3, 0.4) is 0 Å². The van der Waals surface area contributed by atoms with Crippen LogP contribution in [-0.2, 0) is 17.6 Å². The van der Waals surface area contributed by atoms with E-state index in [-0.39, 0.29) is 11.7 Å². The summed E-state index contributed by atoms with van der Waals surface area (Å²) in [6.45, 7) is 2.70. The van der Waals surface area contributed by atoms with Gasteiger partial charge in [-0.05, 0) is 55.0 Å². The Kier molecular flexibility index (Phi) is 6.32. The Morgan fingerprint density at radius 1 is 0.929 bits per heavy atom. The van der Waals surface area contributed by atoms with Crippen LogP contribution in [0.15, 0.2) is 35.3 Å². The van der Waals surface area contributed by atoms with Gasteiger partial charge in [0.25, 0.3) is 0 Å². The lowest BCUT2D eigenvalue weighted by molar-refractivity contribution is 0.116. The van der Waals surface area contributed by atoms with E-state index in [1.54, 1.807) is 6.07 Å². The van der Waals surface area contributed by atoms with Crippen molar-refractivity contribution in [1.29, 1.82) is 0 Å². The highest BCUT2D eigenvalue weighted by Crippen LogP contribution is 2.30. The van der Waals surface area contributed by atoms with E-state index in [9.17, 15) is 4.39 Å². The molecule has 1 atom stereocenters. The summed E-state index contributed by atoms with van der Waals surface area (Å²) in [5.41, 5.74) is 4.14. The Morgan fingerprint density at radius 3 is 2.82 bits per heavy atom. The first-order valence-corrected chi connectivity index (χ1v) is 10.3. The number of aryl methyl sites for hydroxylation is 1. The molecule has 0 radical (unpaired) electrons. The first kappa shape index (κ1) is 19.1. The number of ether oxygens (including phenoxy) is 2. The van der Waals surface area contributed by atoms with Crippen LogP contribution in [-0.4, -0.2) is 37.6 Å². The fourth-order valence-corrected chi connectivity index (χ4v) is 3.83. The fraction of sp³-hybridized carbons (Fsp3) is 0.478. The van der Waals surface area contributed by atoms with Gasteiger partial charge in [0.2, 0.25) is 0 Å². The summed E-state index contributed by atoms with van der Waals surface area (Å²) in [4.78, 5) is 9.53. The third-order valence-electron chi connectivity index (χ3n) is 5.31. The van der Waals surface area contributed by atoms with Crippen molar-refractivity contribution in [2.24, 2.45) is 4.99 Å². The number of aliphatic imine (C=N–C) groups is 1. The molecule has 0 saturated carbocycles. The van der Waals surface area contributed by atoms with Gasteiger partial charge in [-0.1, -0.05) is 12.5 Å². The Bertz CT molecular complexity index is 837. The van der Waals surface area contributed by atoms with Gasteiger partial charge >= 0.3 is 0 Å². The quantitative estimate of drug-likeness (QED) is 0.674. The third-order valence-corrected chi connectivity index (χ3v) is 5.31. The average Bonchev–Trinajstić information content (AvgIpc) is 2.90. The highest BCUT2D eigenvalue weighted by Gasteiger charge is 2.21. The number of fused-ring (bicyclic) bond motifs is 4. The van der Waals surface area contributed by atoms with Crippen LogP contribution in [0.25, 0.3) is 0 Å². The maximum Gasteiger partial charge on any atom is 0.127 e. The smallest absolute Gasteiger partial charge is 0.127 e. The minimum atomic E-state index is -0.294. The molecule has 0 saturated heterocycles. The van der Waals surface area contributed by atoms with Crippen molar-refractivity contribution in [3.8, 4) is 5.75 Å². The van der Waals surface area contributed by atoms with E-state index < -0.39 is 0 Å². The van der Waals surface area contributed by atoms with E-state index in [1.165, 1.54) is 11.6 Å². The van der Waals surface area contributed by atoms with Gasteiger partial charge in [0, 0.05) is 44.2 Å². The molecule has 4 bridgehead atoms. The number of pyridine rings is 1. The first-order valence-electron chi connectivity index (χ1n) is 10.3. The molecule has 1 aromatic heterocycles. The molecule has 148 valence electrons. The molecular formula is C23H27FN2O2. The van der Waals surface area contributed by atoms with E-state index in [0.29, 0.717) is 19.0 Å². The summed E-state index contributed by atoms with van der Waals surface area (Å²) < 4.78 is 25.8. The lowest BCUT2D eigenvalue weighted by atomic mass is 9.92. The van der Waals surface area contributed by atoms with Crippen molar-refractivity contribution in [2.75, 3.05) is 26.4 Å². The summed E-state index contributed by atoms with van der Waals surface area (Å²) in [6, 6.07) is 9.24. The number of nitrogens with zero attached hydrogens (tertiary/aromatic N) is 2. The molecule has 0 fully saturated rings. The SMILES string of the molecule is Fc1cc2cc(c1)C1C=NCCc3ccc(nc31)CCCCCOCCCO2. The number of benzene rings is 1. The summed E-state index contributed by atoms with van der Waals surface area (Å²) in [5, 5.41) is 0. The van der Waals surface area contributed by atoms with E-state index in [1.807, 2.05) is 12.3 Å². The van der Waals surface area contributed by atoms with Crippen molar-refractivity contribution in [3.05, 3.63) is 58.7 Å². The maximum absolute atomic E-state index is 14.3. The zero-order valence-electron chi connectivity index (χ0n) is 16.2. The lowest BCUT2D eigenvalue weighted by Gasteiger charge is -2.17. The lowest BCUT2D eigenvalue weighted by Crippen LogP contribution is -2.10. The molecule has 2 aliphatic rings. The Labute approximate surface area is 165 Å². The standard InChI is InChI=1S/C23H27FN2O2/c24-19-13-18-14-21(15-19)28-12-4-11-27-10-3-1-2-5-20-7-6-17-8-9-25-16-22(18)23(17)26-20/h6-7,13-16,22H,1-5,8-12H2. The summed E-state index contributed by atoms with van der Waals surface area (Å²) in [5.74, 6) is 0.112. The van der Waals surface area contributed by atoms with E-state index >= 15 is 0 Å². The molecule has 4 nitrogen and oxygen atoms in total. The maximum atomic E-state index is 14.3. The first-order chi connectivity index (χ1) is 13.8. The second-order valence-electron chi connectivity index (χ2n) is 7.48. The van der Waals surface area contributed by atoms with Gasteiger partial charge in [0.15, 0.2) is 0 Å². The van der Waals surface area contributed by atoms with Crippen molar-refractivity contribution >= 4 is 6.21 Å². The predicted molar refractivity (Wildman–Crippen MR) is 108 cm³/mol. The number of hydrogen-bond donors (Lipinski definition) is 0. The van der Waals surface area contributed by atoms with Gasteiger partial charge in [-0.15, -0.1) is 0 Å². The predicted octanol–water partition coefficient (Wildman–Crippen LogP) is 4.49. The molecule has 0 amide bonds. The minimum Gasteiger partial charge on any atom is -0.493 e. The second-order valence-corrected chi connectivity index (χ2v) is 7.48. The molecule has 2 aliphatic heterocycles. The molecule has 2 aromatic rings. The monoisotopic (exact) mass is 382 g/mol. The van der Waals surface area contributed by atoms with Gasteiger partial charge < -0.3 is 9.47 Å². The highest BCUT2D eigenvalue weighted by molar-refractivity contribution is 5.74. The molecule has 5 heteroatoms. The number of halogens is 1. The van der Waals surface area contributed by atoms with Gasteiger partial charge in [0.1, 0.15) is 11.6 Å². The Balaban J connectivity index is 1.71. The third kappa shape index (κ3) is 4.76. The van der Waals surface area contributed by atoms with Crippen LogP contribution in [0.2, 0.25) is 0 Å². The molecule has 1 aromatic carbocycles. The average molecular weight is 382 g/mol. The van der Waals surface area contributed by atoms with Crippen LogP contribution in [0.4, 0.5) is 4.39 Å². The van der Waals surface area contributed by atoms with Crippen LogP contribution in [0, 0.1) is 5.82 Å². The highest BCUT2D eigenvalue weighted by atomic mass is 19.1.